The standard InChI is InChI=1S/C13H15BrClNO2/c14-9-5-4-8(11(15)6-9)7-16-13(18)10-2-1-3-12(10)17/h4-6,10,12,17H,1-3,7H2,(H,16,18). The normalized spacial score (nSPS) is 23.1. The van der Waals surface area contributed by atoms with Crippen LogP contribution in [0.15, 0.2) is 22.7 Å². The van der Waals surface area contributed by atoms with Crippen molar-refractivity contribution in [2.24, 2.45) is 5.92 Å². The topological polar surface area (TPSA) is 49.3 Å². The molecule has 0 radical (unpaired) electrons. The second kappa shape index (κ2) is 6.04. The summed E-state index contributed by atoms with van der Waals surface area (Å²) in [6, 6.07) is 5.56. The van der Waals surface area contributed by atoms with E-state index in [1.807, 2.05) is 12.1 Å². The molecule has 1 aliphatic carbocycles. The number of amides is 1. The Labute approximate surface area is 120 Å². The summed E-state index contributed by atoms with van der Waals surface area (Å²) >= 11 is 9.40. The monoisotopic (exact) mass is 331 g/mol. The SMILES string of the molecule is O=C(NCc1ccc(Br)cc1Cl)C1CCCC1O. The molecule has 1 amide bonds. The largest absolute Gasteiger partial charge is 0.392 e. The summed E-state index contributed by atoms with van der Waals surface area (Å²) in [5.41, 5.74) is 0.876. The molecule has 0 bridgehead atoms. The number of aliphatic hydroxyl groups is 1. The van der Waals surface area contributed by atoms with Crippen molar-refractivity contribution in [3.05, 3.63) is 33.3 Å². The molecule has 0 heterocycles. The van der Waals surface area contributed by atoms with Crippen molar-refractivity contribution in [1.29, 1.82) is 0 Å². The van der Waals surface area contributed by atoms with Crippen LogP contribution in [-0.2, 0) is 11.3 Å². The van der Waals surface area contributed by atoms with Gasteiger partial charge in [-0.3, -0.25) is 4.79 Å². The Balaban J connectivity index is 1.93. The first kappa shape index (κ1) is 13.8. The molecule has 2 atom stereocenters. The average molecular weight is 333 g/mol. The highest BCUT2D eigenvalue weighted by atomic mass is 79.9. The molecule has 1 fully saturated rings. The molecule has 0 aromatic heterocycles. The molecule has 0 saturated heterocycles. The number of benzene rings is 1. The predicted molar refractivity (Wildman–Crippen MR) is 74.3 cm³/mol. The molecular formula is C13H15BrClNO2. The minimum absolute atomic E-state index is 0.0843. The van der Waals surface area contributed by atoms with Crippen LogP contribution in [0.25, 0.3) is 0 Å². The van der Waals surface area contributed by atoms with Gasteiger partial charge in [0.25, 0.3) is 0 Å². The third-order valence-electron chi connectivity index (χ3n) is 3.28. The third-order valence-corrected chi connectivity index (χ3v) is 4.13. The molecule has 1 aromatic rings. The molecule has 1 aromatic carbocycles. The number of nitrogens with one attached hydrogen (secondary N) is 1. The third kappa shape index (κ3) is 3.25. The van der Waals surface area contributed by atoms with E-state index in [0.29, 0.717) is 11.6 Å². The first-order valence-corrected chi connectivity index (χ1v) is 7.14. The molecule has 1 aliphatic rings. The number of hydrogen-bond donors (Lipinski definition) is 2. The van der Waals surface area contributed by atoms with Gasteiger partial charge >= 0.3 is 0 Å². The van der Waals surface area contributed by atoms with Gasteiger partial charge in [0.15, 0.2) is 0 Å². The average Bonchev–Trinajstić information content (AvgIpc) is 2.74. The Morgan fingerprint density at radius 2 is 2.28 bits per heavy atom. The van der Waals surface area contributed by atoms with Crippen molar-refractivity contribution in [2.45, 2.75) is 31.9 Å². The highest BCUT2D eigenvalue weighted by molar-refractivity contribution is 9.10. The molecule has 5 heteroatoms. The number of carbonyl (C=O) groups excluding carboxylic acids is 1. The summed E-state index contributed by atoms with van der Waals surface area (Å²) in [5, 5.41) is 13.1. The van der Waals surface area contributed by atoms with Gasteiger partial charge in [0.05, 0.1) is 12.0 Å². The van der Waals surface area contributed by atoms with Crippen LogP contribution in [-0.4, -0.2) is 17.1 Å². The zero-order valence-electron chi connectivity index (χ0n) is 9.83. The van der Waals surface area contributed by atoms with E-state index in [1.165, 1.54) is 0 Å². The van der Waals surface area contributed by atoms with Crippen molar-refractivity contribution in [3.63, 3.8) is 0 Å². The lowest BCUT2D eigenvalue weighted by atomic mass is 10.1. The van der Waals surface area contributed by atoms with Gasteiger partial charge in [-0.25, -0.2) is 0 Å². The number of halogens is 2. The number of aliphatic hydroxyl groups excluding tert-OH is 1. The Hall–Kier alpha value is -0.580. The van der Waals surface area contributed by atoms with Crippen LogP contribution in [0.2, 0.25) is 5.02 Å². The summed E-state index contributed by atoms with van der Waals surface area (Å²) in [6.07, 6.45) is 1.90. The van der Waals surface area contributed by atoms with Gasteiger partial charge in [0, 0.05) is 16.0 Å². The van der Waals surface area contributed by atoms with Crippen LogP contribution >= 0.6 is 27.5 Å². The fraction of sp³-hybridized carbons (Fsp3) is 0.462. The Morgan fingerprint density at radius 3 is 2.89 bits per heavy atom. The molecule has 1 saturated carbocycles. The van der Waals surface area contributed by atoms with Gasteiger partial charge in [0.2, 0.25) is 5.91 Å². The maximum atomic E-state index is 11.9. The Morgan fingerprint density at radius 1 is 1.50 bits per heavy atom. The van der Waals surface area contributed by atoms with Crippen molar-refractivity contribution in [2.75, 3.05) is 0 Å². The lowest BCUT2D eigenvalue weighted by Crippen LogP contribution is -2.34. The van der Waals surface area contributed by atoms with Gasteiger partial charge in [0.1, 0.15) is 0 Å². The van der Waals surface area contributed by atoms with E-state index in [-0.39, 0.29) is 11.8 Å². The van der Waals surface area contributed by atoms with E-state index >= 15 is 0 Å². The molecule has 2 N–H and O–H groups in total. The molecule has 2 unspecified atom stereocenters. The van der Waals surface area contributed by atoms with Gasteiger partial charge in [-0.2, -0.15) is 0 Å². The quantitative estimate of drug-likeness (QED) is 0.894. The second-order valence-corrected chi connectivity index (χ2v) is 5.88. The fourth-order valence-corrected chi connectivity index (χ4v) is 2.97. The molecule has 0 aliphatic heterocycles. The molecule has 3 nitrogen and oxygen atoms in total. The van der Waals surface area contributed by atoms with Crippen LogP contribution in [0.1, 0.15) is 24.8 Å². The van der Waals surface area contributed by atoms with Crippen molar-refractivity contribution >= 4 is 33.4 Å². The molecule has 98 valence electrons. The molecule has 18 heavy (non-hydrogen) atoms. The zero-order chi connectivity index (χ0) is 13.1. The lowest BCUT2D eigenvalue weighted by molar-refractivity contribution is -0.127. The second-order valence-electron chi connectivity index (χ2n) is 4.56. The predicted octanol–water partition coefficient (Wildman–Crippen LogP) is 2.88. The van der Waals surface area contributed by atoms with Crippen LogP contribution in [0.5, 0.6) is 0 Å². The maximum absolute atomic E-state index is 11.9. The summed E-state index contributed by atoms with van der Waals surface area (Å²) < 4.78 is 0.911. The molecular weight excluding hydrogens is 318 g/mol. The fourth-order valence-electron chi connectivity index (χ4n) is 2.22. The Bertz CT molecular complexity index is 453. The zero-order valence-corrected chi connectivity index (χ0v) is 12.2. The van der Waals surface area contributed by atoms with Gasteiger partial charge < -0.3 is 10.4 Å². The molecule has 2 rings (SSSR count). The first-order valence-electron chi connectivity index (χ1n) is 5.97. The van der Waals surface area contributed by atoms with Crippen molar-refractivity contribution in [3.8, 4) is 0 Å². The Kier molecular flexibility index (Phi) is 4.65. The van der Waals surface area contributed by atoms with Crippen LogP contribution in [0.4, 0.5) is 0 Å². The lowest BCUT2D eigenvalue weighted by Gasteiger charge is -2.14. The van der Waals surface area contributed by atoms with E-state index < -0.39 is 6.10 Å². The van der Waals surface area contributed by atoms with Crippen LogP contribution < -0.4 is 5.32 Å². The van der Waals surface area contributed by atoms with E-state index in [4.69, 9.17) is 11.6 Å². The van der Waals surface area contributed by atoms with E-state index in [1.54, 1.807) is 6.07 Å². The summed E-state index contributed by atoms with van der Waals surface area (Å²) in [6.45, 7) is 0.397. The highest BCUT2D eigenvalue weighted by Crippen LogP contribution is 2.26. The van der Waals surface area contributed by atoms with E-state index in [9.17, 15) is 9.90 Å². The van der Waals surface area contributed by atoms with Gasteiger partial charge in [-0.1, -0.05) is 33.6 Å². The summed E-state index contributed by atoms with van der Waals surface area (Å²) in [7, 11) is 0. The minimum Gasteiger partial charge on any atom is -0.392 e. The van der Waals surface area contributed by atoms with Gasteiger partial charge in [-0.05, 0) is 37.0 Å². The van der Waals surface area contributed by atoms with E-state index in [2.05, 4.69) is 21.2 Å². The summed E-state index contributed by atoms with van der Waals surface area (Å²) in [4.78, 5) is 11.9. The summed E-state index contributed by atoms with van der Waals surface area (Å²) in [5.74, 6) is -0.349. The maximum Gasteiger partial charge on any atom is 0.225 e. The minimum atomic E-state index is -0.495. The molecule has 0 spiro atoms. The number of hydrogen-bond acceptors (Lipinski definition) is 2. The van der Waals surface area contributed by atoms with Crippen molar-refractivity contribution in [1.82, 2.24) is 5.32 Å². The van der Waals surface area contributed by atoms with E-state index in [0.717, 1.165) is 29.3 Å². The highest BCUT2D eigenvalue weighted by Gasteiger charge is 2.31. The van der Waals surface area contributed by atoms with Gasteiger partial charge in [-0.15, -0.1) is 0 Å². The van der Waals surface area contributed by atoms with Crippen LogP contribution in [0.3, 0.4) is 0 Å². The number of carbonyl (C=O) groups is 1. The smallest absolute Gasteiger partial charge is 0.225 e. The number of rotatable bonds is 3. The first-order chi connectivity index (χ1) is 8.58. The van der Waals surface area contributed by atoms with Crippen LogP contribution in [0, 0.1) is 5.92 Å². The van der Waals surface area contributed by atoms with Crippen molar-refractivity contribution < 1.29 is 9.90 Å².